The summed E-state index contributed by atoms with van der Waals surface area (Å²) in [6.45, 7) is 1.44. The molecule has 0 saturated carbocycles. The quantitative estimate of drug-likeness (QED) is 0.863. The van der Waals surface area contributed by atoms with Crippen LogP contribution in [0.4, 0.5) is 4.39 Å². The molecule has 2 aromatic carbocycles. The van der Waals surface area contributed by atoms with Gasteiger partial charge in [0, 0.05) is 13.2 Å². The highest BCUT2D eigenvalue weighted by Gasteiger charge is 2.29. The van der Waals surface area contributed by atoms with Crippen LogP contribution in [0.3, 0.4) is 0 Å². The summed E-state index contributed by atoms with van der Waals surface area (Å²) in [4.78, 5) is 25.5. The van der Waals surface area contributed by atoms with Gasteiger partial charge >= 0.3 is 5.97 Å². The van der Waals surface area contributed by atoms with Crippen molar-refractivity contribution in [2.75, 3.05) is 19.8 Å². The van der Waals surface area contributed by atoms with Crippen LogP contribution in [0.2, 0.25) is 0 Å². The summed E-state index contributed by atoms with van der Waals surface area (Å²) in [6, 6.07) is 13.0. The Kier molecular flexibility index (Phi) is 5.63. The van der Waals surface area contributed by atoms with Gasteiger partial charge in [-0.25, -0.2) is 9.18 Å². The molecule has 0 aliphatic carbocycles. The summed E-state index contributed by atoms with van der Waals surface area (Å²) in [5.74, 6) is -2.49. The Bertz CT molecular complexity index is 788. The van der Waals surface area contributed by atoms with Crippen LogP contribution in [0.15, 0.2) is 48.5 Å². The first-order valence-corrected chi connectivity index (χ1v) is 8.51. The van der Waals surface area contributed by atoms with E-state index >= 15 is 0 Å². The number of ether oxygens (including phenoxy) is 1. The van der Waals surface area contributed by atoms with E-state index in [2.05, 4.69) is 0 Å². The van der Waals surface area contributed by atoms with Crippen LogP contribution >= 0.6 is 0 Å². The van der Waals surface area contributed by atoms with Crippen LogP contribution in [0.5, 0.6) is 0 Å². The van der Waals surface area contributed by atoms with Crippen LogP contribution in [-0.2, 0) is 11.2 Å². The number of halogens is 1. The molecule has 26 heavy (non-hydrogen) atoms. The monoisotopic (exact) mass is 357 g/mol. The van der Waals surface area contributed by atoms with E-state index in [0.29, 0.717) is 32.6 Å². The van der Waals surface area contributed by atoms with Crippen molar-refractivity contribution in [3.8, 4) is 0 Å². The number of aromatic carboxylic acids is 1. The maximum Gasteiger partial charge on any atom is 0.335 e. The molecular formula is C20H20FNO4. The molecule has 1 heterocycles. The maximum atomic E-state index is 14.3. The number of amides is 1. The predicted molar refractivity (Wildman–Crippen MR) is 93.8 cm³/mol. The van der Waals surface area contributed by atoms with E-state index in [1.807, 2.05) is 30.3 Å². The van der Waals surface area contributed by atoms with Crippen molar-refractivity contribution in [3.63, 3.8) is 0 Å². The number of rotatable bonds is 6. The van der Waals surface area contributed by atoms with Crippen LogP contribution in [0, 0.1) is 5.82 Å². The van der Waals surface area contributed by atoms with Gasteiger partial charge in [-0.1, -0.05) is 30.3 Å². The average Bonchev–Trinajstić information content (AvgIpc) is 3.17. The number of carboxylic acids is 1. The zero-order valence-corrected chi connectivity index (χ0v) is 14.2. The number of hydrogen-bond acceptors (Lipinski definition) is 3. The summed E-state index contributed by atoms with van der Waals surface area (Å²) < 4.78 is 19.7. The molecule has 1 unspecified atom stereocenters. The molecule has 1 aliphatic heterocycles. The van der Waals surface area contributed by atoms with Gasteiger partial charge in [0.05, 0.1) is 23.8 Å². The molecule has 0 radical (unpaired) electrons. The lowest BCUT2D eigenvalue weighted by Crippen LogP contribution is -2.42. The molecule has 1 atom stereocenters. The molecule has 0 bridgehead atoms. The van der Waals surface area contributed by atoms with Gasteiger partial charge in [0.1, 0.15) is 5.82 Å². The van der Waals surface area contributed by atoms with E-state index in [1.165, 1.54) is 12.1 Å². The third kappa shape index (κ3) is 4.08. The van der Waals surface area contributed by atoms with Crippen LogP contribution in [0.25, 0.3) is 0 Å². The molecule has 1 N–H and O–H groups in total. The van der Waals surface area contributed by atoms with Gasteiger partial charge < -0.3 is 14.7 Å². The lowest BCUT2D eigenvalue weighted by Gasteiger charge is -2.28. The summed E-state index contributed by atoms with van der Waals surface area (Å²) in [7, 11) is 0. The van der Waals surface area contributed by atoms with Crippen molar-refractivity contribution in [1.29, 1.82) is 0 Å². The number of hydrogen-bond donors (Lipinski definition) is 1. The molecule has 1 fully saturated rings. The molecule has 0 aromatic heterocycles. The van der Waals surface area contributed by atoms with Crippen LogP contribution < -0.4 is 0 Å². The molecule has 1 saturated heterocycles. The van der Waals surface area contributed by atoms with E-state index < -0.39 is 17.7 Å². The topological polar surface area (TPSA) is 66.8 Å². The molecule has 5 nitrogen and oxygen atoms in total. The maximum absolute atomic E-state index is 14.3. The molecule has 3 rings (SSSR count). The second-order valence-corrected chi connectivity index (χ2v) is 6.25. The summed E-state index contributed by atoms with van der Waals surface area (Å²) in [6.07, 6.45) is 1.35. The van der Waals surface area contributed by atoms with Crippen molar-refractivity contribution in [1.82, 2.24) is 4.90 Å². The van der Waals surface area contributed by atoms with Crippen LogP contribution in [0.1, 0.15) is 32.7 Å². The Balaban J connectivity index is 1.81. The predicted octanol–water partition coefficient (Wildman–Crippen LogP) is 3.00. The molecule has 1 aliphatic rings. The van der Waals surface area contributed by atoms with E-state index in [9.17, 15) is 14.0 Å². The molecule has 2 aromatic rings. The molecule has 1 amide bonds. The van der Waals surface area contributed by atoms with Gasteiger partial charge in [0.15, 0.2) is 0 Å². The Morgan fingerprint density at radius 3 is 2.58 bits per heavy atom. The number of nitrogens with zero attached hydrogens (tertiary/aromatic N) is 1. The zero-order chi connectivity index (χ0) is 18.5. The Labute approximate surface area is 151 Å². The number of carbonyl (C=O) groups excluding carboxylic acids is 1. The van der Waals surface area contributed by atoms with Gasteiger partial charge in [0.25, 0.3) is 5.91 Å². The van der Waals surface area contributed by atoms with Gasteiger partial charge in [-0.3, -0.25) is 4.79 Å². The number of carboxylic acid groups (broad SMARTS) is 1. The van der Waals surface area contributed by atoms with Crippen molar-refractivity contribution in [2.24, 2.45) is 0 Å². The average molecular weight is 357 g/mol. The van der Waals surface area contributed by atoms with E-state index in [-0.39, 0.29) is 17.2 Å². The first kappa shape index (κ1) is 18.1. The van der Waals surface area contributed by atoms with E-state index in [1.54, 1.807) is 4.90 Å². The fourth-order valence-electron chi connectivity index (χ4n) is 3.09. The highest BCUT2D eigenvalue weighted by molar-refractivity contribution is 5.96. The minimum Gasteiger partial charge on any atom is -0.478 e. The van der Waals surface area contributed by atoms with Crippen molar-refractivity contribution in [2.45, 2.75) is 18.9 Å². The zero-order valence-electron chi connectivity index (χ0n) is 14.2. The number of benzene rings is 2. The minimum absolute atomic E-state index is 0.107. The van der Waals surface area contributed by atoms with Gasteiger partial charge in [-0.05, 0) is 36.6 Å². The lowest BCUT2D eigenvalue weighted by atomic mass is 10.1. The normalized spacial score (nSPS) is 16.4. The van der Waals surface area contributed by atoms with E-state index in [4.69, 9.17) is 9.84 Å². The Hall–Kier alpha value is -2.73. The van der Waals surface area contributed by atoms with Crippen molar-refractivity contribution >= 4 is 11.9 Å². The first-order valence-electron chi connectivity index (χ1n) is 8.51. The Morgan fingerprint density at radius 1 is 1.19 bits per heavy atom. The lowest BCUT2D eigenvalue weighted by molar-refractivity contribution is 0.0647. The number of carbonyl (C=O) groups is 2. The SMILES string of the molecule is O=C(O)c1ccc(C(=O)N(CCc2ccccc2)C2CCOC2)c(F)c1. The standard InChI is InChI=1S/C20H20FNO4/c21-18-12-15(20(24)25)6-7-17(18)19(23)22(16-9-11-26-13-16)10-8-14-4-2-1-3-5-14/h1-7,12,16H,8-11,13H2,(H,24,25). The summed E-state index contributed by atoms with van der Waals surface area (Å²) in [5.41, 5.74) is 0.792. The van der Waals surface area contributed by atoms with Crippen molar-refractivity contribution < 1.29 is 23.8 Å². The minimum atomic E-state index is -1.23. The fraction of sp³-hybridized carbons (Fsp3) is 0.300. The van der Waals surface area contributed by atoms with Crippen LogP contribution in [-0.4, -0.2) is 47.7 Å². The summed E-state index contributed by atoms with van der Waals surface area (Å²) in [5, 5.41) is 8.95. The summed E-state index contributed by atoms with van der Waals surface area (Å²) >= 11 is 0. The highest BCUT2D eigenvalue weighted by Crippen LogP contribution is 2.19. The molecule has 136 valence electrons. The molecule has 0 spiro atoms. The Morgan fingerprint density at radius 2 is 1.96 bits per heavy atom. The molecule has 6 heteroatoms. The second kappa shape index (κ2) is 8.10. The second-order valence-electron chi connectivity index (χ2n) is 6.25. The van der Waals surface area contributed by atoms with Gasteiger partial charge in [-0.15, -0.1) is 0 Å². The largest absolute Gasteiger partial charge is 0.478 e. The highest BCUT2D eigenvalue weighted by atomic mass is 19.1. The smallest absolute Gasteiger partial charge is 0.335 e. The fourth-order valence-corrected chi connectivity index (χ4v) is 3.09. The van der Waals surface area contributed by atoms with Gasteiger partial charge in [-0.2, -0.15) is 0 Å². The third-order valence-electron chi connectivity index (χ3n) is 4.54. The van der Waals surface area contributed by atoms with Gasteiger partial charge in [0.2, 0.25) is 0 Å². The third-order valence-corrected chi connectivity index (χ3v) is 4.54. The first-order chi connectivity index (χ1) is 12.6. The molecular weight excluding hydrogens is 337 g/mol. The van der Waals surface area contributed by atoms with Crippen molar-refractivity contribution in [3.05, 3.63) is 71.0 Å². The van der Waals surface area contributed by atoms with E-state index in [0.717, 1.165) is 11.6 Å².